The van der Waals surface area contributed by atoms with Gasteiger partial charge in [0.2, 0.25) is 5.91 Å². The van der Waals surface area contributed by atoms with Crippen molar-refractivity contribution in [1.82, 2.24) is 10.6 Å². The lowest BCUT2D eigenvalue weighted by Crippen LogP contribution is -2.48. The molecule has 0 aliphatic heterocycles. The smallest absolute Gasteiger partial charge is 0.408 e. The number of aliphatic hydroxyl groups excluding tert-OH is 1. The molecule has 28 heavy (non-hydrogen) atoms. The van der Waals surface area contributed by atoms with Gasteiger partial charge >= 0.3 is 12.1 Å². The van der Waals surface area contributed by atoms with E-state index in [0.717, 1.165) is 5.56 Å². The van der Waals surface area contributed by atoms with Gasteiger partial charge in [-0.1, -0.05) is 30.3 Å². The fraction of sp³-hybridized carbons (Fsp3) is 0.550. The van der Waals surface area contributed by atoms with E-state index in [0.29, 0.717) is 6.42 Å². The first-order chi connectivity index (χ1) is 13.2. The molecule has 3 N–H and O–H groups in total. The molecule has 1 aromatic rings. The molecule has 1 atom stereocenters. The number of hydrogen-bond acceptors (Lipinski definition) is 6. The molecule has 1 rings (SSSR count). The number of nitrogens with one attached hydrogen (secondary N) is 2. The first-order valence-corrected chi connectivity index (χ1v) is 9.29. The molecule has 0 saturated carbocycles. The summed E-state index contributed by atoms with van der Waals surface area (Å²) in [5.74, 6) is -0.918. The highest BCUT2D eigenvalue weighted by atomic mass is 16.6. The van der Waals surface area contributed by atoms with Gasteiger partial charge in [-0.25, -0.2) is 4.79 Å². The number of amides is 2. The van der Waals surface area contributed by atoms with Gasteiger partial charge in [-0.3, -0.25) is 9.59 Å². The van der Waals surface area contributed by atoms with Crippen molar-refractivity contribution in [2.45, 2.75) is 58.3 Å². The van der Waals surface area contributed by atoms with Gasteiger partial charge in [-0.15, -0.1) is 0 Å². The molecular formula is C20H30N2O6. The second kappa shape index (κ2) is 12.0. The van der Waals surface area contributed by atoms with Crippen molar-refractivity contribution in [3.8, 4) is 0 Å². The summed E-state index contributed by atoms with van der Waals surface area (Å²) in [7, 11) is 0. The highest BCUT2D eigenvalue weighted by Crippen LogP contribution is 2.09. The van der Waals surface area contributed by atoms with Gasteiger partial charge in [0.1, 0.15) is 18.2 Å². The Kier molecular flexibility index (Phi) is 10.0. The lowest BCUT2D eigenvalue weighted by molar-refractivity contribution is -0.145. The van der Waals surface area contributed by atoms with Crippen LogP contribution in [-0.4, -0.2) is 47.9 Å². The molecule has 8 nitrogen and oxygen atoms in total. The molecule has 0 heterocycles. The molecule has 0 unspecified atom stereocenters. The summed E-state index contributed by atoms with van der Waals surface area (Å²) in [6.07, 6.45) is -0.324. The molecule has 0 bridgehead atoms. The molecule has 0 radical (unpaired) electrons. The zero-order chi connectivity index (χ0) is 21.0. The normalized spacial score (nSPS) is 12.0. The van der Waals surface area contributed by atoms with Crippen molar-refractivity contribution in [2.24, 2.45) is 0 Å². The number of ether oxygens (including phenoxy) is 2. The minimum atomic E-state index is -0.946. The van der Waals surface area contributed by atoms with Gasteiger partial charge < -0.3 is 25.2 Å². The highest BCUT2D eigenvalue weighted by molar-refractivity contribution is 5.86. The SMILES string of the molecule is CC(C)(C)OC(=O)N[C@H](CCC(=O)OCc1ccccc1)C(=O)NCCCO. The van der Waals surface area contributed by atoms with Crippen molar-refractivity contribution in [3.63, 3.8) is 0 Å². The Morgan fingerprint density at radius 1 is 1.14 bits per heavy atom. The number of carbonyl (C=O) groups excluding carboxylic acids is 3. The lowest BCUT2D eigenvalue weighted by Gasteiger charge is -2.23. The third-order valence-electron chi connectivity index (χ3n) is 3.52. The van der Waals surface area contributed by atoms with Crippen molar-refractivity contribution in [2.75, 3.05) is 13.2 Å². The van der Waals surface area contributed by atoms with Crippen LogP contribution in [0.4, 0.5) is 4.79 Å². The Hall–Kier alpha value is -2.61. The van der Waals surface area contributed by atoms with E-state index in [4.69, 9.17) is 14.6 Å². The van der Waals surface area contributed by atoms with Crippen LogP contribution in [0.5, 0.6) is 0 Å². The Balaban J connectivity index is 2.56. The van der Waals surface area contributed by atoms with Crippen LogP contribution in [0.3, 0.4) is 0 Å². The topological polar surface area (TPSA) is 114 Å². The van der Waals surface area contributed by atoms with Crippen molar-refractivity contribution < 1.29 is 29.0 Å². The minimum Gasteiger partial charge on any atom is -0.461 e. The summed E-state index contributed by atoms with van der Waals surface area (Å²) in [6.45, 7) is 5.49. The standard InChI is InChI=1S/C20H30N2O6/c1-20(2,3)28-19(26)22-16(18(25)21-12-7-13-23)10-11-17(24)27-14-15-8-5-4-6-9-15/h4-6,8-9,16,23H,7,10-14H2,1-3H3,(H,21,25)(H,22,26)/t16-/m1/s1. The number of alkyl carbamates (subject to hydrolysis) is 1. The van der Waals surface area contributed by atoms with Crippen LogP contribution < -0.4 is 10.6 Å². The predicted molar refractivity (Wildman–Crippen MR) is 103 cm³/mol. The number of hydrogen-bond donors (Lipinski definition) is 3. The molecule has 1 aromatic carbocycles. The van der Waals surface area contributed by atoms with E-state index in [1.54, 1.807) is 20.8 Å². The van der Waals surface area contributed by atoms with Crippen LogP contribution in [0.1, 0.15) is 45.6 Å². The average Bonchev–Trinajstić information content (AvgIpc) is 2.62. The van der Waals surface area contributed by atoms with Crippen molar-refractivity contribution in [3.05, 3.63) is 35.9 Å². The molecule has 0 spiro atoms. The van der Waals surface area contributed by atoms with E-state index in [-0.39, 0.29) is 32.6 Å². The van der Waals surface area contributed by atoms with E-state index in [1.807, 2.05) is 30.3 Å². The maximum absolute atomic E-state index is 12.3. The third kappa shape index (κ3) is 10.5. The van der Waals surface area contributed by atoms with Gasteiger partial charge in [0.25, 0.3) is 0 Å². The first kappa shape index (κ1) is 23.4. The number of esters is 1. The van der Waals surface area contributed by atoms with Gasteiger partial charge in [-0.2, -0.15) is 0 Å². The fourth-order valence-electron chi connectivity index (χ4n) is 2.20. The summed E-state index contributed by atoms with van der Waals surface area (Å²) in [6, 6.07) is 8.30. The number of aliphatic hydroxyl groups is 1. The van der Waals surface area contributed by atoms with Crippen LogP contribution in [0.2, 0.25) is 0 Å². The maximum atomic E-state index is 12.3. The first-order valence-electron chi connectivity index (χ1n) is 9.29. The van der Waals surface area contributed by atoms with Gasteiger partial charge in [-0.05, 0) is 39.2 Å². The summed E-state index contributed by atoms with van der Waals surface area (Å²) < 4.78 is 10.4. The second-order valence-corrected chi connectivity index (χ2v) is 7.25. The zero-order valence-corrected chi connectivity index (χ0v) is 16.7. The Morgan fingerprint density at radius 2 is 1.82 bits per heavy atom. The second-order valence-electron chi connectivity index (χ2n) is 7.25. The average molecular weight is 394 g/mol. The van der Waals surface area contributed by atoms with Crippen molar-refractivity contribution in [1.29, 1.82) is 0 Å². The quantitative estimate of drug-likeness (QED) is 0.413. The van der Waals surface area contributed by atoms with E-state index < -0.39 is 29.6 Å². The van der Waals surface area contributed by atoms with Crippen LogP contribution in [-0.2, 0) is 25.7 Å². The molecule has 0 aromatic heterocycles. The lowest BCUT2D eigenvalue weighted by atomic mass is 10.1. The maximum Gasteiger partial charge on any atom is 0.408 e. The minimum absolute atomic E-state index is 0.0410. The molecule has 0 aliphatic carbocycles. The number of carbonyl (C=O) groups is 3. The summed E-state index contributed by atoms with van der Waals surface area (Å²) in [5, 5.41) is 13.9. The van der Waals surface area contributed by atoms with Crippen LogP contribution in [0.15, 0.2) is 30.3 Å². The molecular weight excluding hydrogens is 364 g/mol. The zero-order valence-electron chi connectivity index (χ0n) is 16.7. The number of benzene rings is 1. The van der Waals surface area contributed by atoms with Crippen LogP contribution in [0.25, 0.3) is 0 Å². The van der Waals surface area contributed by atoms with E-state index >= 15 is 0 Å². The van der Waals surface area contributed by atoms with Gasteiger partial charge in [0.15, 0.2) is 0 Å². The van der Waals surface area contributed by atoms with Gasteiger partial charge in [0, 0.05) is 19.6 Å². The monoisotopic (exact) mass is 394 g/mol. The highest BCUT2D eigenvalue weighted by Gasteiger charge is 2.25. The molecule has 0 saturated heterocycles. The number of rotatable bonds is 10. The van der Waals surface area contributed by atoms with E-state index in [1.165, 1.54) is 0 Å². The largest absolute Gasteiger partial charge is 0.461 e. The van der Waals surface area contributed by atoms with Crippen LogP contribution in [0, 0.1) is 0 Å². The van der Waals surface area contributed by atoms with Crippen LogP contribution >= 0.6 is 0 Å². The Labute approximate surface area is 165 Å². The van der Waals surface area contributed by atoms with Gasteiger partial charge in [0.05, 0.1) is 0 Å². The summed E-state index contributed by atoms with van der Waals surface area (Å²) >= 11 is 0. The van der Waals surface area contributed by atoms with E-state index in [2.05, 4.69) is 10.6 Å². The Bertz CT molecular complexity index is 627. The summed E-state index contributed by atoms with van der Waals surface area (Å²) in [4.78, 5) is 36.3. The van der Waals surface area contributed by atoms with E-state index in [9.17, 15) is 14.4 Å². The molecule has 0 aliphatic rings. The predicted octanol–water partition coefficient (Wildman–Crippen LogP) is 1.90. The third-order valence-corrected chi connectivity index (χ3v) is 3.52. The summed E-state index contributed by atoms with van der Waals surface area (Å²) in [5.41, 5.74) is 0.150. The van der Waals surface area contributed by atoms with Crippen molar-refractivity contribution >= 4 is 18.0 Å². The fourth-order valence-corrected chi connectivity index (χ4v) is 2.20. The molecule has 156 valence electrons. The molecule has 8 heteroatoms. The molecule has 0 fully saturated rings. The molecule has 2 amide bonds. The Morgan fingerprint density at radius 3 is 2.43 bits per heavy atom.